The third-order valence-corrected chi connectivity index (χ3v) is 2.68. The van der Waals surface area contributed by atoms with Gasteiger partial charge in [0.2, 0.25) is 0 Å². The Morgan fingerprint density at radius 2 is 1.85 bits per heavy atom. The minimum absolute atomic E-state index is 0.000141. The van der Waals surface area contributed by atoms with Gasteiger partial charge in [0, 0.05) is 6.54 Å². The van der Waals surface area contributed by atoms with Crippen molar-refractivity contribution in [1.82, 2.24) is 10.6 Å². The fourth-order valence-corrected chi connectivity index (χ4v) is 1.51. The number of rotatable bonds is 6. The Balaban J connectivity index is 2.44. The molecule has 1 aromatic rings. The van der Waals surface area contributed by atoms with Gasteiger partial charge in [-0.2, -0.15) is 0 Å². The smallest absolute Gasteiger partial charge is 0.314 e. The monoisotopic (exact) mass is 284 g/mol. The Bertz CT molecular complexity index is 474. The van der Waals surface area contributed by atoms with Gasteiger partial charge in [-0.1, -0.05) is 12.1 Å². The van der Waals surface area contributed by atoms with Crippen molar-refractivity contribution in [2.45, 2.75) is 18.9 Å². The summed E-state index contributed by atoms with van der Waals surface area (Å²) in [5.41, 5.74) is -0.887. The van der Waals surface area contributed by atoms with Crippen LogP contribution in [0.5, 0.6) is 0 Å². The zero-order chi connectivity index (χ0) is 15.2. The van der Waals surface area contributed by atoms with Gasteiger partial charge < -0.3 is 20.8 Å². The molecule has 0 aliphatic heterocycles. The average molecular weight is 284 g/mol. The van der Waals surface area contributed by atoms with E-state index >= 15 is 0 Å². The lowest BCUT2D eigenvalue weighted by atomic mass is 9.96. The molecule has 2 amide bonds. The van der Waals surface area contributed by atoms with E-state index in [1.54, 1.807) is 0 Å². The SMILES string of the molecule is CC(O)(CNC(=O)NCCC(=O)O)c1ccc(F)cc1. The summed E-state index contributed by atoms with van der Waals surface area (Å²) >= 11 is 0. The Morgan fingerprint density at radius 1 is 1.25 bits per heavy atom. The molecule has 0 aliphatic rings. The van der Waals surface area contributed by atoms with E-state index in [0.29, 0.717) is 5.56 Å². The van der Waals surface area contributed by atoms with Crippen molar-refractivity contribution in [3.05, 3.63) is 35.6 Å². The highest BCUT2D eigenvalue weighted by atomic mass is 19.1. The lowest BCUT2D eigenvalue weighted by Gasteiger charge is -2.24. The van der Waals surface area contributed by atoms with E-state index in [1.807, 2.05) is 0 Å². The molecular formula is C13H17FN2O4. The molecule has 0 aliphatic carbocycles. The quantitative estimate of drug-likeness (QED) is 0.621. The Kier molecular flexibility index (Phi) is 5.45. The predicted molar refractivity (Wildman–Crippen MR) is 69.6 cm³/mol. The van der Waals surface area contributed by atoms with Crippen LogP contribution in [0, 0.1) is 5.82 Å². The van der Waals surface area contributed by atoms with Crippen LogP contribution in [0.25, 0.3) is 0 Å². The highest BCUT2D eigenvalue weighted by Gasteiger charge is 2.23. The van der Waals surface area contributed by atoms with Gasteiger partial charge in [-0.15, -0.1) is 0 Å². The summed E-state index contributed by atoms with van der Waals surface area (Å²) in [6.07, 6.45) is -0.179. The van der Waals surface area contributed by atoms with Crippen LogP contribution in [0.1, 0.15) is 18.9 Å². The number of urea groups is 1. The minimum atomic E-state index is -1.35. The van der Waals surface area contributed by atoms with Crippen molar-refractivity contribution in [2.24, 2.45) is 0 Å². The van der Waals surface area contributed by atoms with Gasteiger partial charge in [0.25, 0.3) is 0 Å². The summed E-state index contributed by atoms with van der Waals surface area (Å²) in [6, 6.07) is 4.72. The highest BCUT2D eigenvalue weighted by molar-refractivity contribution is 5.75. The van der Waals surface area contributed by atoms with Gasteiger partial charge in [0.05, 0.1) is 13.0 Å². The van der Waals surface area contributed by atoms with E-state index in [-0.39, 0.29) is 19.5 Å². The van der Waals surface area contributed by atoms with Crippen LogP contribution in [0.4, 0.5) is 9.18 Å². The molecule has 0 aromatic heterocycles. The fourth-order valence-electron chi connectivity index (χ4n) is 1.51. The highest BCUT2D eigenvalue weighted by Crippen LogP contribution is 2.19. The molecule has 0 saturated heterocycles. The van der Waals surface area contributed by atoms with Gasteiger partial charge in [-0.05, 0) is 24.6 Å². The lowest BCUT2D eigenvalue weighted by Crippen LogP contribution is -2.43. The maximum atomic E-state index is 12.8. The number of benzene rings is 1. The molecule has 110 valence electrons. The second-order valence-electron chi connectivity index (χ2n) is 4.53. The van der Waals surface area contributed by atoms with E-state index in [0.717, 1.165) is 0 Å². The first-order valence-electron chi connectivity index (χ1n) is 6.03. The number of aliphatic hydroxyl groups is 1. The summed E-state index contributed by atoms with van der Waals surface area (Å²) < 4.78 is 12.8. The number of nitrogens with one attached hydrogen (secondary N) is 2. The molecular weight excluding hydrogens is 267 g/mol. The average Bonchev–Trinajstić information content (AvgIpc) is 2.36. The summed E-state index contributed by atoms with van der Waals surface area (Å²) in [5, 5.41) is 23.4. The first-order chi connectivity index (χ1) is 9.31. The molecule has 1 rings (SSSR count). The molecule has 0 bridgehead atoms. The van der Waals surface area contributed by atoms with Crippen LogP contribution in [0.2, 0.25) is 0 Å². The van der Waals surface area contributed by atoms with Crippen LogP contribution in [-0.4, -0.2) is 35.3 Å². The molecule has 0 heterocycles. The second kappa shape index (κ2) is 6.85. The topological polar surface area (TPSA) is 98.7 Å². The molecule has 1 atom stereocenters. The van der Waals surface area contributed by atoms with Crippen molar-refractivity contribution in [1.29, 1.82) is 0 Å². The largest absolute Gasteiger partial charge is 0.481 e. The van der Waals surface area contributed by atoms with Gasteiger partial charge in [-0.25, -0.2) is 9.18 Å². The van der Waals surface area contributed by atoms with Crippen molar-refractivity contribution >= 4 is 12.0 Å². The van der Waals surface area contributed by atoms with Crippen LogP contribution >= 0.6 is 0 Å². The maximum absolute atomic E-state index is 12.8. The van der Waals surface area contributed by atoms with Crippen molar-refractivity contribution in [3.8, 4) is 0 Å². The van der Waals surface area contributed by atoms with E-state index < -0.39 is 23.4 Å². The first kappa shape index (κ1) is 15.9. The number of carboxylic acids is 1. The molecule has 7 heteroatoms. The van der Waals surface area contributed by atoms with E-state index in [9.17, 15) is 19.1 Å². The summed E-state index contributed by atoms with van der Waals surface area (Å²) in [6.45, 7) is 1.40. The second-order valence-corrected chi connectivity index (χ2v) is 4.53. The van der Waals surface area contributed by atoms with Crippen molar-refractivity contribution in [2.75, 3.05) is 13.1 Å². The van der Waals surface area contributed by atoms with Crippen molar-refractivity contribution in [3.63, 3.8) is 0 Å². The Hall–Kier alpha value is -2.15. The number of hydrogen-bond donors (Lipinski definition) is 4. The van der Waals surface area contributed by atoms with E-state index in [4.69, 9.17) is 5.11 Å². The molecule has 4 N–H and O–H groups in total. The lowest BCUT2D eigenvalue weighted by molar-refractivity contribution is -0.136. The number of hydrogen-bond acceptors (Lipinski definition) is 3. The number of carbonyl (C=O) groups is 2. The van der Waals surface area contributed by atoms with E-state index in [1.165, 1.54) is 31.2 Å². The normalized spacial score (nSPS) is 13.3. The van der Waals surface area contributed by atoms with Gasteiger partial charge in [0.15, 0.2) is 0 Å². The van der Waals surface area contributed by atoms with Crippen LogP contribution in [-0.2, 0) is 10.4 Å². The molecule has 0 spiro atoms. The predicted octanol–water partition coefficient (Wildman–Crippen LogP) is 0.807. The fraction of sp³-hybridized carbons (Fsp3) is 0.385. The summed E-state index contributed by atoms with van der Waals surface area (Å²) in [5.74, 6) is -1.42. The third kappa shape index (κ3) is 5.23. The number of amides is 2. The standard InChI is InChI=1S/C13H17FN2O4/c1-13(20,9-2-4-10(14)5-3-9)8-16-12(19)15-7-6-11(17)18/h2-5,20H,6-8H2,1H3,(H,17,18)(H2,15,16,19). The number of carboxylic acid groups (broad SMARTS) is 1. The molecule has 20 heavy (non-hydrogen) atoms. The number of halogens is 1. The Labute approximate surface area is 115 Å². The summed E-state index contributed by atoms with van der Waals surface area (Å²) in [4.78, 5) is 21.6. The molecule has 1 unspecified atom stereocenters. The van der Waals surface area contributed by atoms with Crippen LogP contribution in [0.15, 0.2) is 24.3 Å². The number of carbonyl (C=O) groups excluding carboxylic acids is 1. The minimum Gasteiger partial charge on any atom is -0.481 e. The summed E-state index contributed by atoms with van der Waals surface area (Å²) in [7, 11) is 0. The first-order valence-corrected chi connectivity index (χ1v) is 6.03. The maximum Gasteiger partial charge on any atom is 0.314 e. The molecule has 1 aromatic carbocycles. The number of aliphatic carboxylic acids is 1. The van der Waals surface area contributed by atoms with Crippen LogP contribution in [0.3, 0.4) is 0 Å². The Morgan fingerprint density at radius 3 is 2.40 bits per heavy atom. The van der Waals surface area contributed by atoms with Gasteiger partial charge in [-0.3, -0.25) is 4.79 Å². The van der Waals surface area contributed by atoms with Crippen molar-refractivity contribution < 1.29 is 24.2 Å². The zero-order valence-electron chi connectivity index (χ0n) is 11.0. The molecule has 6 nitrogen and oxygen atoms in total. The van der Waals surface area contributed by atoms with Crippen LogP contribution < -0.4 is 10.6 Å². The molecule has 0 fully saturated rings. The van der Waals surface area contributed by atoms with Gasteiger partial charge in [0.1, 0.15) is 11.4 Å². The zero-order valence-corrected chi connectivity index (χ0v) is 11.0. The third-order valence-electron chi connectivity index (χ3n) is 2.68. The molecule has 0 saturated carbocycles. The molecule has 0 radical (unpaired) electrons. The van der Waals surface area contributed by atoms with E-state index in [2.05, 4.69) is 10.6 Å². The van der Waals surface area contributed by atoms with Gasteiger partial charge >= 0.3 is 12.0 Å².